The molecule has 0 bridgehead atoms. The summed E-state index contributed by atoms with van der Waals surface area (Å²) in [7, 11) is 0. The molecular formula is C18H14N4O2S. The molecule has 4 aromatic rings. The fourth-order valence-electron chi connectivity index (χ4n) is 2.48. The lowest BCUT2D eigenvalue weighted by Gasteiger charge is -2.00. The number of rotatable bonds is 3. The monoisotopic (exact) mass is 350 g/mol. The van der Waals surface area contributed by atoms with E-state index in [2.05, 4.69) is 15.4 Å². The van der Waals surface area contributed by atoms with Gasteiger partial charge in [0.2, 0.25) is 0 Å². The molecule has 0 saturated heterocycles. The minimum absolute atomic E-state index is 0.0423. The predicted octanol–water partition coefficient (Wildman–Crippen LogP) is 3.75. The van der Waals surface area contributed by atoms with E-state index in [1.807, 2.05) is 55.5 Å². The van der Waals surface area contributed by atoms with Crippen molar-refractivity contribution in [2.45, 2.75) is 6.92 Å². The van der Waals surface area contributed by atoms with Crippen molar-refractivity contribution in [2.24, 2.45) is 0 Å². The number of carbonyl (C=O) groups is 1. The minimum Gasteiger partial charge on any atom is -0.504 e. The van der Waals surface area contributed by atoms with Gasteiger partial charge in [0.05, 0.1) is 22.1 Å². The summed E-state index contributed by atoms with van der Waals surface area (Å²) in [5.74, 6) is -0.679. The van der Waals surface area contributed by atoms with Crippen molar-refractivity contribution in [3.8, 4) is 11.4 Å². The van der Waals surface area contributed by atoms with Crippen LogP contribution in [-0.2, 0) is 0 Å². The van der Waals surface area contributed by atoms with Crippen LogP contribution in [0.15, 0.2) is 54.7 Å². The van der Waals surface area contributed by atoms with Crippen molar-refractivity contribution in [3.05, 3.63) is 66.0 Å². The van der Waals surface area contributed by atoms with E-state index in [1.54, 1.807) is 0 Å². The number of fused-ring (bicyclic) bond motifs is 1. The van der Waals surface area contributed by atoms with E-state index >= 15 is 0 Å². The molecule has 0 aliphatic heterocycles. The second-order valence-electron chi connectivity index (χ2n) is 5.59. The van der Waals surface area contributed by atoms with Gasteiger partial charge in [0.15, 0.2) is 16.6 Å². The topological polar surface area (TPSA) is 80.0 Å². The highest BCUT2D eigenvalue weighted by molar-refractivity contribution is 7.22. The summed E-state index contributed by atoms with van der Waals surface area (Å²) in [5.41, 5.74) is 2.67. The SMILES string of the molecule is Cc1ccc2nc(NC(=O)c3nn(-c4ccccc4)cc3O)sc2c1. The number of thiazole rings is 1. The molecule has 0 atom stereocenters. The highest BCUT2D eigenvalue weighted by Crippen LogP contribution is 2.27. The first-order chi connectivity index (χ1) is 12.1. The first-order valence-electron chi connectivity index (χ1n) is 7.63. The second kappa shape index (κ2) is 6.03. The molecule has 6 nitrogen and oxygen atoms in total. The lowest BCUT2D eigenvalue weighted by Crippen LogP contribution is -2.13. The summed E-state index contributed by atoms with van der Waals surface area (Å²) in [5, 5.41) is 17.4. The molecule has 2 heterocycles. The molecule has 0 aliphatic carbocycles. The van der Waals surface area contributed by atoms with Crippen LogP contribution in [0.4, 0.5) is 5.13 Å². The van der Waals surface area contributed by atoms with Gasteiger partial charge in [-0.1, -0.05) is 35.6 Å². The quantitative estimate of drug-likeness (QED) is 0.590. The maximum Gasteiger partial charge on any atom is 0.281 e. The van der Waals surface area contributed by atoms with E-state index < -0.39 is 5.91 Å². The number of nitrogens with zero attached hydrogens (tertiary/aromatic N) is 3. The number of aromatic hydroxyl groups is 1. The Morgan fingerprint density at radius 1 is 1.20 bits per heavy atom. The number of amides is 1. The second-order valence-corrected chi connectivity index (χ2v) is 6.62. The van der Waals surface area contributed by atoms with Crippen molar-refractivity contribution in [2.75, 3.05) is 5.32 Å². The number of carbonyl (C=O) groups excluding carboxylic acids is 1. The van der Waals surface area contributed by atoms with Crippen LogP contribution < -0.4 is 5.32 Å². The van der Waals surface area contributed by atoms with E-state index in [0.717, 1.165) is 21.5 Å². The maximum atomic E-state index is 12.4. The summed E-state index contributed by atoms with van der Waals surface area (Å²) in [4.78, 5) is 16.8. The number of benzene rings is 2. The molecular weight excluding hydrogens is 336 g/mol. The molecule has 2 N–H and O–H groups in total. The molecule has 0 aliphatic rings. The Bertz CT molecular complexity index is 1070. The number of anilines is 1. The third-order valence-corrected chi connectivity index (χ3v) is 4.63. The van der Waals surface area contributed by atoms with Crippen molar-refractivity contribution in [1.82, 2.24) is 14.8 Å². The molecule has 0 saturated carbocycles. The third-order valence-electron chi connectivity index (χ3n) is 3.70. The average Bonchev–Trinajstić information content (AvgIpc) is 3.18. The zero-order chi connectivity index (χ0) is 17.4. The van der Waals surface area contributed by atoms with Crippen LogP contribution in [0.3, 0.4) is 0 Å². The molecule has 124 valence electrons. The number of aromatic nitrogens is 3. The highest BCUT2D eigenvalue weighted by atomic mass is 32.1. The lowest BCUT2D eigenvalue weighted by molar-refractivity contribution is 0.101. The van der Waals surface area contributed by atoms with Crippen molar-refractivity contribution in [3.63, 3.8) is 0 Å². The molecule has 0 spiro atoms. The molecule has 0 unspecified atom stereocenters. The molecule has 0 radical (unpaired) electrons. The number of nitrogens with one attached hydrogen (secondary N) is 1. The Balaban J connectivity index is 1.61. The largest absolute Gasteiger partial charge is 0.504 e. The zero-order valence-electron chi connectivity index (χ0n) is 13.3. The van der Waals surface area contributed by atoms with Crippen LogP contribution in [0, 0.1) is 6.92 Å². The normalized spacial score (nSPS) is 10.9. The van der Waals surface area contributed by atoms with Crippen LogP contribution in [0.5, 0.6) is 5.75 Å². The Labute approximate surface area is 147 Å². The molecule has 2 aromatic heterocycles. The minimum atomic E-state index is -0.497. The van der Waals surface area contributed by atoms with Gasteiger partial charge in [0.25, 0.3) is 5.91 Å². The van der Waals surface area contributed by atoms with E-state index in [-0.39, 0.29) is 11.4 Å². The standard InChI is InChI=1S/C18H14N4O2S/c1-11-7-8-13-15(9-11)25-18(19-13)20-17(24)16-14(23)10-22(21-16)12-5-3-2-4-6-12/h2-10,23H,1H3,(H,19,20,24). The average molecular weight is 350 g/mol. The van der Waals surface area contributed by atoms with Crippen LogP contribution in [0.1, 0.15) is 16.1 Å². The van der Waals surface area contributed by atoms with Gasteiger partial charge in [-0.3, -0.25) is 10.1 Å². The summed E-state index contributed by atoms with van der Waals surface area (Å²) in [6.07, 6.45) is 1.41. The van der Waals surface area contributed by atoms with E-state index in [1.165, 1.54) is 22.2 Å². The molecule has 1 amide bonds. The van der Waals surface area contributed by atoms with Crippen LogP contribution in [0.25, 0.3) is 15.9 Å². The summed E-state index contributed by atoms with van der Waals surface area (Å²) >= 11 is 1.38. The fourth-order valence-corrected chi connectivity index (χ4v) is 3.44. The molecule has 4 rings (SSSR count). The summed E-state index contributed by atoms with van der Waals surface area (Å²) < 4.78 is 2.46. The van der Waals surface area contributed by atoms with Crippen molar-refractivity contribution < 1.29 is 9.90 Å². The number of hydrogen-bond donors (Lipinski definition) is 2. The zero-order valence-corrected chi connectivity index (χ0v) is 14.1. The van der Waals surface area contributed by atoms with E-state index in [0.29, 0.717) is 5.13 Å². The lowest BCUT2D eigenvalue weighted by atomic mass is 10.2. The van der Waals surface area contributed by atoms with E-state index in [4.69, 9.17) is 0 Å². The number of hydrogen-bond acceptors (Lipinski definition) is 5. The van der Waals surface area contributed by atoms with Crippen molar-refractivity contribution in [1.29, 1.82) is 0 Å². The first-order valence-corrected chi connectivity index (χ1v) is 8.44. The summed E-state index contributed by atoms with van der Waals surface area (Å²) in [6, 6.07) is 15.2. The first kappa shape index (κ1) is 15.3. The van der Waals surface area contributed by atoms with E-state index in [9.17, 15) is 9.90 Å². The van der Waals surface area contributed by atoms with Crippen molar-refractivity contribution >= 4 is 32.6 Å². The Morgan fingerprint density at radius 2 is 2.00 bits per heavy atom. The fraction of sp³-hybridized carbons (Fsp3) is 0.0556. The Kier molecular flexibility index (Phi) is 3.70. The van der Waals surface area contributed by atoms with Gasteiger partial charge in [-0.15, -0.1) is 0 Å². The van der Waals surface area contributed by atoms with Gasteiger partial charge in [-0.25, -0.2) is 9.67 Å². The number of para-hydroxylation sites is 1. The number of aryl methyl sites for hydroxylation is 1. The highest BCUT2D eigenvalue weighted by Gasteiger charge is 2.18. The van der Waals surface area contributed by atoms with Crippen LogP contribution >= 0.6 is 11.3 Å². The van der Waals surface area contributed by atoms with Gasteiger partial charge in [0.1, 0.15) is 0 Å². The molecule has 0 fully saturated rings. The van der Waals surface area contributed by atoms with Gasteiger partial charge in [0, 0.05) is 0 Å². The van der Waals surface area contributed by atoms with Gasteiger partial charge in [-0.05, 0) is 36.8 Å². The summed E-state index contributed by atoms with van der Waals surface area (Å²) in [6.45, 7) is 2.01. The molecule has 2 aromatic carbocycles. The maximum absolute atomic E-state index is 12.4. The van der Waals surface area contributed by atoms with Gasteiger partial charge in [-0.2, -0.15) is 5.10 Å². The Morgan fingerprint density at radius 3 is 2.80 bits per heavy atom. The Hall–Kier alpha value is -3.19. The van der Waals surface area contributed by atoms with Gasteiger partial charge < -0.3 is 5.11 Å². The predicted molar refractivity (Wildman–Crippen MR) is 97.5 cm³/mol. The molecule has 25 heavy (non-hydrogen) atoms. The van der Waals surface area contributed by atoms with Crippen LogP contribution in [-0.4, -0.2) is 25.8 Å². The van der Waals surface area contributed by atoms with Crippen LogP contribution in [0.2, 0.25) is 0 Å². The third kappa shape index (κ3) is 2.97. The molecule has 7 heteroatoms. The smallest absolute Gasteiger partial charge is 0.281 e. The van der Waals surface area contributed by atoms with Gasteiger partial charge >= 0.3 is 0 Å².